The van der Waals surface area contributed by atoms with E-state index < -0.39 is 11.6 Å². The topological polar surface area (TPSA) is 59.1 Å². The molecular weight excluding hydrogens is 296 g/mol. The SMILES string of the molecule is C=C1N(C(=O)COC)CCN2C(=O)C(OC)C12c1ccccc1. The molecule has 23 heavy (non-hydrogen) atoms. The number of amides is 2. The van der Waals surface area contributed by atoms with Crippen LogP contribution >= 0.6 is 0 Å². The van der Waals surface area contributed by atoms with Crippen LogP contribution in [0.3, 0.4) is 0 Å². The summed E-state index contributed by atoms with van der Waals surface area (Å²) in [6, 6.07) is 9.58. The van der Waals surface area contributed by atoms with E-state index in [1.165, 1.54) is 14.2 Å². The first-order valence-electron chi connectivity index (χ1n) is 7.47. The van der Waals surface area contributed by atoms with Gasteiger partial charge in [0.2, 0.25) is 0 Å². The van der Waals surface area contributed by atoms with Crippen LogP contribution in [-0.2, 0) is 24.6 Å². The number of β-lactam (4-membered cyclic amide) rings is 1. The summed E-state index contributed by atoms with van der Waals surface area (Å²) < 4.78 is 10.4. The second-order valence-electron chi connectivity index (χ2n) is 5.66. The number of carbonyl (C=O) groups is 2. The lowest BCUT2D eigenvalue weighted by Crippen LogP contribution is -2.78. The third-order valence-electron chi connectivity index (χ3n) is 4.63. The van der Waals surface area contributed by atoms with Gasteiger partial charge in [0.1, 0.15) is 12.1 Å². The number of fused-ring (bicyclic) bond motifs is 1. The molecule has 2 fully saturated rings. The summed E-state index contributed by atoms with van der Waals surface area (Å²) in [4.78, 5) is 28.1. The molecule has 0 radical (unpaired) electrons. The second-order valence-corrected chi connectivity index (χ2v) is 5.66. The number of ether oxygens (including phenoxy) is 2. The quantitative estimate of drug-likeness (QED) is 0.769. The van der Waals surface area contributed by atoms with Crippen LogP contribution in [0.5, 0.6) is 0 Å². The van der Waals surface area contributed by atoms with Gasteiger partial charge >= 0.3 is 0 Å². The minimum absolute atomic E-state index is 0.0184. The Kier molecular flexibility index (Phi) is 3.95. The third kappa shape index (κ3) is 2.02. The lowest BCUT2D eigenvalue weighted by molar-refractivity contribution is -0.196. The Labute approximate surface area is 135 Å². The molecule has 3 rings (SSSR count). The molecule has 6 heteroatoms. The van der Waals surface area contributed by atoms with Gasteiger partial charge in [-0.1, -0.05) is 36.9 Å². The number of hydrogen-bond donors (Lipinski definition) is 0. The van der Waals surface area contributed by atoms with Crippen LogP contribution in [0.2, 0.25) is 0 Å². The number of benzene rings is 1. The molecule has 122 valence electrons. The summed E-state index contributed by atoms with van der Waals surface area (Å²) in [5.41, 5.74) is 0.629. The summed E-state index contributed by atoms with van der Waals surface area (Å²) in [6.07, 6.45) is -0.671. The molecule has 0 aliphatic carbocycles. The van der Waals surface area contributed by atoms with Gasteiger partial charge in [-0.05, 0) is 5.56 Å². The molecule has 1 aromatic carbocycles. The zero-order valence-corrected chi connectivity index (χ0v) is 13.3. The molecule has 2 heterocycles. The molecule has 2 atom stereocenters. The number of piperazine rings is 1. The van der Waals surface area contributed by atoms with Gasteiger partial charge in [0.25, 0.3) is 11.8 Å². The van der Waals surface area contributed by atoms with E-state index in [4.69, 9.17) is 9.47 Å². The van der Waals surface area contributed by atoms with Crippen molar-refractivity contribution in [3.63, 3.8) is 0 Å². The first kappa shape index (κ1) is 15.7. The standard InChI is InChI=1S/C17H20N2O4/c1-12-17(13-7-5-4-6-8-13)15(23-3)16(21)19(17)10-9-18(12)14(20)11-22-2/h4-8,15H,1,9-11H2,2-3H3. The van der Waals surface area contributed by atoms with Crippen LogP contribution in [0.15, 0.2) is 42.6 Å². The van der Waals surface area contributed by atoms with E-state index in [1.54, 1.807) is 9.80 Å². The Morgan fingerprint density at radius 2 is 2.00 bits per heavy atom. The molecule has 1 aromatic rings. The van der Waals surface area contributed by atoms with Crippen LogP contribution in [0.4, 0.5) is 0 Å². The highest BCUT2D eigenvalue weighted by Crippen LogP contribution is 2.51. The first-order chi connectivity index (χ1) is 11.1. The van der Waals surface area contributed by atoms with Crippen molar-refractivity contribution in [1.82, 2.24) is 9.80 Å². The van der Waals surface area contributed by atoms with Crippen molar-refractivity contribution in [2.75, 3.05) is 33.9 Å². The van der Waals surface area contributed by atoms with Gasteiger partial charge in [0.15, 0.2) is 6.10 Å². The molecular formula is C17H20N2O4. The molecule has 0 saturated carbocycles. The van der Waals surface area contributed by atoms with E-state index in [2.05, 4.69) is 6.58 Å². The predicted octanol–water partition coefficient (Wildman–Crippen LogP) is 0.741. The van der Waals surface area contributed by atoms with Crippen molar-refractivity contribution < 1.29 is 19.1 Å². The van der Waals surface area contributed by atoms with E-state index in [-0.39, 0.29) is 18.4 Å². The average Bonchev–Trinajstić information content (AvgIpc) is 2.56. The van der Waals surface area contributed by atoms with Gasteiger partial charge in [0.05, 0.1) is 0 Å². The normalized spacial score (nSPS) is 26.8. The Hall–Kier alpha value is -2.18. The molecule has 0 N–H and O–H groups in total. The summed E-state index contributed by atoms with van der Waals surface area (Å²) >= 11 is 0. The average molecular weight is 316 g/mol. The summed E-state index contributed by atoms with van der Waals surface area (Å²) in [6.45, 7) is 4.98. The molecule has 2 saturated heterocycles. The van der Waals surface area contributed by atoms with Gasteiger partial charge in [-0.15, -0.1) is 0 Å². The van der Waals surface area contributed by atoms with E-state index in [0.29, 0.717) is 18.8 Å². The number of nitrogens with zero attached hydrogens (tertiary/aromatic N) is 2. The molecule has 2 amide bonds. The van der Waals surface area contributed by atoms with E-state index in [9.17, 15) is 9.59 Å². The number of rotatable bonds is 4. The van der Waals surface area contributed by atoms with Crippen LogP contribution in [0.25, 0.3) is 0 Å². The molecule has 2 aliphatic heterocycles. The second kappa shape index (κ2) is 5.79. The van der Waals surface area contributed by atoms with Crippen molar-refractivity contribution in [2.45, 2.75) is 11.6 Å². The highest BCUT2D eigenvalue weighted by atomic mass is 16.5. The van der Waals surface area contributed by atoms with Gasteiger partial charge in [0, 0.05) is 33.0 Å². The van der Waals surface area contributed by atoms with E-state index in [0.717, 1.165) is 5.56 Å². The van der Waals surface area contributed by atoms with Crippen molar-refractivity contribution in [3.05, 3.63) is 48.2 Å². The number of carbonyl (C=O) groups excluding carboxylic acids is 2. The molecule has 2 aliphatic rings. The summed E-state index contributed by atoms with van der Waals surface area (Å²) in [5.74, 6) is -0.238. The predicted molar refractivity (Wildman–Crippen MR) is 83.4 cm³/mol. The largest absolute Gasteiger partial charge is 0.375 e. The van der Waals surface area contributed by atoms with Gasteiger partial charge in [-0.25, -0.2) is 0 Å². The summed E-state index contributed by atoms with van der Waals surface area (Å²) in [5, 5.41) is 0. The van der Waals surface area contributed by atoms with Gasteiger partial charge in [-0.2, -0.15) is 0 Å². The molecule has 0 bridgehead atoms. The van der Waals surface area contributed by atoms with Crippen molar-refractivity contribution in [2.24, 2.45) is 0 Å². The summed E-state index contributed by atoms with van der Waals surface area (Å²) in [7, 11) is 2.99. The third-order valence-corrected chi connectivity index (χ3v) is 4.63. The highest BCUT2D eigenvalue weighted by Gasteiger charge is 2.66. The first-order valence-corrected chi connectivity index (χ1v) is 7.47. The Morgan fingerprint density at radius 1 is 1.30 bits per heavy atom. The fourth-order valence-corrected chi connectivity index (χ4v) is 3.62. The van der Waals surface area contributed by atoms with Crippen LogP contribution < -0.4 is 0 Å². The van der Waals surface area contributed by atoms with Gasteiger partial charge < -0.3 is 19.3 Å². The molecule has 0 spiro atoms. The van der Waals surface area contributed by atoms with E-state index in [1.807, 2.05) is 30.3 Å². The minimum atomic E-state index is -0.825. The zero-order chi connectivity index (χ0) is 16.6. The van der Waals surface area contributed by atoms with Crippen molar-refractivity contribution in [1.29, 1.82) is 0 Å². The number of hydrogen-bond acceptors (Lipinski definition) is 4. The lowest BCUT2D eigenvalue weighted by Gasteiger charge is -2.62. The molecule has 6 nitrogen and oxygen atoms in total. The maximum atomic E-state index is 12.4. The Morgan fingerprint density at radius 3 is 2.61 bits per heavy atom. The monoisotopic (exact) mass is 316 g/mol. The Balaban J connectivity index is 2.06. The minimum Gasteiger partial charge on any atom is -0.375 e. The fraction of sp³-hybridized carbons (Fsp3) is 0.412. The van der Waals surface area contributed by atoms with Crippen LogP contribution in [0.1, 0.15) is 5.56 Å². The highest BCUT2D eigenvalue weighted by molar-refractivity contribution is 5.94. The molecule has 0 aromatic heterocycles. The molecule has 2 unspecified atom stereocenters. The van der Waals surface area contributed by atoms with Crippen LogP contribution in [0, 0.1) is 0 Å². The van der Waals surface area contributed by atoms with E-state index >= 15 is 0 Å². The maximum absolute atomic E-state index is 12.4. The zero-order valence-electron chi connectivity index (χ0n) is 13.3. The van der Waals surface area contributed by atoms with Crippen molar-refractivity contribution >= 4 is 11.8 Å². The van der Waals surface area contributed by atoms with Crippen molar-refractivity contribution in [3.8, 4) is 0 Å². The number of methoxy groups -OCH3 is 2. The fourth-order valence-electron chi connectivity index (χ4n) is 3.62. The van der Waals surface area contributed by atoms with Crippen LogP contribution in [-0.4, -0.2) is 61.6 Å². The Bertz CT molecular complexity index is 635. The smallest absolute Gasteiger partial charge is 0.256 e. The maximum Gasteiger partial charge on any atom is 0.256 e. The lowest BCUT2D eigenvalue weighted by atomic mass is 9.70. The van der Waals surface area contributed by atoms with Gasteiger partial charge in [-0.3, -0.25) is 9.59 Å².